The van der Waals surface area contributed by atoms with Gasteiger partial charge in [0.1, 0.15) is 18.0 Å². The van der Waals surface area contributed by atoms with Gasteiger partial charge in [-0.1, -0.05) is 24.3 Å². The van der Waals surface area contributed by atoms with Crippen LogP contribution in [-0.4, -0.2) is 34.6 Å². The van der Waals surface area contributed by atoms with Crippen LogP contribution in [0.2, 0.25) is 0 Å². The van der Waals surface area contributed by atoms with Gasteiger partial charge in [0.15, 0.2) is 16.6 Å². The first kappa shape index (κ1) is 28.2. The van der Waals surface area contributed by atoms with Gasteiger partial charge < -0.3 is 14.6 Å². The van der Waals surface area contributed by atoms with Crippen molar-refractivity contribution < 1.29 is 33.4 Å². The van der Waals surface area contributed by atoms with Crippen LogP contribution in [0.5, 0.6) is 11.5 Å². The molecule has 0 aliphatic carbocycles. The standard InChI is InChI=1S/C30H25FN2O6S/c1-3-7-20-12-19(15-25(38-4-2)26(20)39-17-18-8-5-10-22(31)13-18)14-24-27(34)32-30(40)33(28(24)35)23-11-6-9-21(16-23)29(36)37/h3,5-6,8-16H,1,4,7,17H2,2H3,(H,36,37)(H,32,34,40). The second-order valence-corrected chi connectivity index (χ2v) is 9.05. The molecule has 8 nitrogen and oxygen atoms in total. The monoisotopic (exact) mass is 560 g/mol. The smallest absolute Gasteiger partial charge is 0.335 e. The molecule has 0 radical (unpaired) electrons. The molecule has 2 amide bonds. The maximum atomic E-state index is 13.6. The summed E-state index contributed by atoms with van der Waals surface area (Å²) >= 11 is 5.22. The van der Waals surface area contributed by atoms with Crippen molar-refractivity contribution in [2.45, 2.75) is 20.0 Å². The zero-order valence-electron chi connectivity index (χ0n) is 21.5. The lowest BCUT2D eigenvalue weighted by Gasteiger charge is -2.29. The number of rotatable bonds is 10. The van der Waals surface area contributed by atoms with Crippen molar-refractivity contribution in [2.24, 2.45) is 0 Å². The summed E-state index contributed by atoms with van der Waals surface area (Å²) in [6, 6.07) is 15.1. The van der Waals surface area contributed by atoms with Crippen molar-refractivity contribution in [3.8, 4) is 11.5 Å². The van der Waals surface area contributed by atoms with Crippen LogP contribution in [0.1, 0.15) is 34.0 Å². The molecule has 40 heavy (non-hydrogen) atoms. The SMILES string of the molecule is C=CCc1cc(C=C2C(=O)NC(=S)N(c3cccc(C(=O)O)c3)C2=O)cc(OCC)c1OCc1cccc(F)c1. The van der Waals surface area contributed by atoms with Gasteiger partial charge in [-0.3, -0.25) is 19.8 Å². The first-order chi connectivity index (χ1) is 19.2. The largest absolute Gasteiger partial charge is 0.490 e. The first-order valence-electron chi connectivity index (χ1n) is 12.2. The number of nitrogens with one attached hydrogen (secondary N) is 1. The molecular formula is C30H25FN2O6S. The molecule has 1 aliphatic rings. The van der Waals surface area contributed by atoms with Crippen molar-refractivity contribution in [1.82, 2.24) is 5.32 Å². The Hall–Kier alpha value is -4.83. The Morgan fingerprint density at radius 3 is 2.60 bits per heavy atom. The fraction of sp³-hybridized carbons (Fsp3) is 0.133. The number of thiocarbonyl (C=S) groups is 1. The number of benzene rings is 3. The predicted octanol–water partition coefficient (Wildman–Crippen LogP) is 5.06. The lowest BCUT2D eigenvalue weighted by molar-refractivity contribution is -0.122. The van der Waals surface area contributed by atoms with Gasteiger partial charge in [-0.25, -0.2) is 9.18 Å². The lowest BCUT2D eigenvalue weighted by atomic mass is 10.0. The molecule has 0 atom stereocenters. The fourth-order valence-electron chi connectivity index (χ4n) is 4.12. The molecule has 3 aromatic carbocycles. The number of hydrogen-bond acceptors (Lipinski definition) is 6. The van der Waals surface area contributed by atoms with E-state index in [1.807, 2.05) is 0 Å². The van der Waals surface area contributed by atoms with E-state index < -0.39 is 17.8 Å². The average Bonchev–Trinajstić information content (AvgIpc) is 2.91. The third kappa shape index (κ3) is 6.24. The number of carbonyl (C=O) groups is 3. The van der Waals surface area contributed by atoms with E-state index in [1.165, 1.54) is 42.5 Å². The highest BCUT2D eigenvalue weighted by molar-refractivity contribution is 7.80. The summed E-state index contributed by atoms with van der Waals surface area (Å²) in [5.41, 5.74) is 1.72. The number of hydrogen-bond donors (Lipinski definition) is 2. The fourth-order valence-corrected chi connectivity index (χ4v) is 4.40. The maximum absolute atomic E-state index is 13.6. The molecule has 1 fully saturated rings. The van der Waals surface area contributed by atoms with Crippen LogP contribution in [-0.2, 0) is 22.6 Å². The highest BCUT2D eigenvalue weighted by Crippen LogP contribution is 2.36. The van der Waals surface area contributed by atoms with Crippen LogP contribution in [0, 0.1) is 5.82 Å². The number of carboxylic acids is 1. The molecule has 204 valence electrons. The van der Waals surface area contributed by atoms with Gasteiger partial charge in [-0.05, 0) is 85.2 Å². The highest BCUT2D eigenvalue weighted by atomic mass is 32.1. The number of anilines is 1. The summed E-state index contributed by atoms with van der Waals surface area (Å²) in [7, 11) is 0. The van der Waals surface area contributed by atoms with Crippen molar-refractivity contribution in [1.29, 1.82) is 0 Å². The van der Waals surface area contributed by atoms with Gasteiger partial charge in [0.25, 0.3) is 11.8 Å². The molecule has 1 aliphatic heterocycles. The second-order valence-electron chi connectivity index (χ2n) is 8.67. The van der Waals surface area contributed by atoms with Crippen LogP contribution in [0.4, 0.5) is 10.1 Å². The molecule has 0 saturated carbocycles. The van der Waals surface area contributed by atoms with Gasteiger partial charge in [0, 0.05) is 5.56 Å². The minimum Gasteiger partial charge on any atom is -0.490 e. The Bertz CT molecular complexity index is 1550. The van der Waals surface area contributed by atoms with Crippen LogP contribution in [0.25, 0.3) is 6.08 Å². The second kappa shape index (κ2) is 12.4. The Labute approximate surface area is 235 Å². The summed E-state index contributed by atoms with van der Waals surface area (Å²) in [5.74, 6) is -2.16. The molecule has 0 bridgehead atoms. The molecule has 4 rings (SSSR count). The molecule has 1 saturated heterocycles. The first-order valence-corrected chi connectivity index (χ1v) is 12.6. The normalized spacial score (nSPS) is 14.2. The van der Waals surface area contributed by atoms with E-state index in [9.17, 15) is 23.9 Å². The molecular weight excluding hydrogens is 535 g/mol. The van der Waals surface area contributed by atoms with Crippen LogP contribution >= 0.6 is 12.2 Å². The van der Waals surface area contributed by atoms with Crippen LogP contribution in [0.15, 0.2) is 78.9 Å². The number of ether oxygens (including phenoxy) is 2. The zero-order chi connectivity index (χ0) is 28.8. The van der Waals surface area contributed by atoms with E-state index in [-0.39, 0.29) is 34.4 Å². The van der Waals surface area contributed by atoms with Gasteiger partial charge in [-0.2, -0.15) is 0 Å². The van der Waals surface area contributed by atoms with E-state index in [1.54, 1.807) is 37.3 Å². The highest BCUT2D eigenvalue weighted by Gasteiger charge is 2.35. The Morgan fingerprint density at radius 2 is 1.90 bits per heavy atom. The van der Waals surface area contributed by atoms with E-state index in [2.05, 4.69) is 11.9 Å². The molecule has 2 N–H and O–H groups in total. The topological polar surface area (TPSA) is 105 Å². The van der Waals surface area contributed by atoms with E-state index in [0.29, 0.717) is 41.2 Å². The summed E-state index contributed by atoms with van der Waals surface area (Å²) in [4.78, 5) is 38.8. The van der Waals surface area contributed by atoms with Gasteiger partial charge >= 0.3 is 5.97 Å². The zero-order valence-corrected chi connectivity index (χ0v) is 22.3. The minimum atomic E-state index is -1.17. The number of amides is 2. The van der Waals surface area contributed by atoms with Crippen molar-refractivity contribution in [3.05, 3.63) is 107 Å². The molecule has 3 aromatic rings. The van der Waals surface area contributed by atoms with E-state index in [4.69, 9.17) is 21.7 Å². The predicted molar refractivity (Wildman–Crippen MR) is 152 cm³/mol. The quantitative estimate of drug-likeness (QED) is 0.155. The van der Waals surface area contributed by atoms with E-state index in [0.717, 1.165) is 4.90 Å². The molecule has 10 heteroatoms. The molecule has 0 spiro atoms. The summed E-state index contributed by atoms with van der Waals surface area (Å²) in [5, 5.41) is 11.7. The average molecular weight is 561 g/mol. The Balaban J connectivity index is 1.73. The Kier molecular flexibility index (Phi) is 8.70. The van der Waals surface area contributed by atoms with Crippen molar-refractivity contribution >= 4 is 46.9 Å². The number of carbonyl (C=O) groups excluding carboxylic acids is 2. The van der Waals surface area contributed by atoms with E-state index >= 15 is 0 Å². The van der Waals surface area contributed by atoms with Crippen molar-refractivity contribution in [2.75, 3.05) is 11.5 Å². The summed E-state index contributed by atoms with van der Waals surface area (Å²) < 4.78 is 25.5. The molecule has 0 aromatic heterocycles. The van der Waals surface area contributed by atoms with Crippen molar-refractivity contribution in [3.63, 3.8) is 0 Å². The number of carboxylic acid groups (broad SMARTS) is 1. The third-order valence-corrected chi connectivity index (χ3v) is 6.14. The Morgan fingerprint density at radius 1 is 1.12 bits per heavy atom. The number of nitrogens with zero attached hydrogens (tertiary/aromatic N) is 1. The van der Waals surface area contributed by atoms with Gasteiger partial charge in [0.05, 0.1) is 17.9 Å². The number of allylic oxidation sites excluding steroid dienone is 1. The van der Waals surface area contributed by atoms with Gasteiger partial charge in [-0.15, -0.1) is 6.58 Å². The minimum absolute atomic E-state index is 0.0419. The van der Waals surface area contributed by atoms with Crippen LogP contribution < -0.4 is 19.7 Å². The number of aromatic carboxylic acids is 1. The number of halogens is 1. The molecule has 1 heterocycles. The summed E-state index contributed by atoms with van der Waals surface area (Å²) in [6.45, 7) is 6.00. The maximum Gasteiger partial charge on any atom is 0.335 e. The van der Waals surface area contributed by atoms with Crippen LogP contribution in [0.3, 0.4) is 0 Å². The summed E-state index contributed by atoms with van der Waals surface area (Å²) in [6.07, 6.45) is 3.46. The van der Waals surface area contributed by atoms with Gasteiger partial charge in [0.2, 0.25) is 0 Å². The lowest BCUT2D eigenvalue weighted by Crippen LogP contribution is -2.54. The molecule has 0 unspecified atom stereocenters. The third-order valence-electron chi connectivity index (χ3n) is 5.85.